The molecule has 112 valence electrons. The second-order valence-corrected chi connectivity index (χ2v) is 5.94. The number of hydrogen-bond acceptors (Lipinski definition) is 4. The number of halogens is 1. The standard InChI is InChI=1S/C16H21ClN4/c1-20(10-11-21-8-6-18-7-9-21)16-4-5-19-15-12-13(17)2-3-14(15)16/h2-5,12,18H,6-11H2,1H3. The Labute approximate surface area is 130 Å². The number of piperazine rings is 1. The molecule has 1 saturated heterocycles. The van der Waals surface area contributed by atoms with E-state index in [4.69, 9.17) is 11.6 Å². The average molecular weight is 305 g/mol. The molecular formula is C16H21ClN4. The molecule has 0 spiro atoms. The summed E-state index contributed by atoms with van der Waals surface area (Å²) >= 11 is 6.05. The van der Waals surface area contributed by atoms with Crippen LogP contribution >= 0.6 is 11.6 Å². The zero-order valence-electron chi connectivity index (χ0n) is 12.3. The lowest BCUT2D eigenvalue weighted by Gasteiger charge is -2.30. The minimum absolute atomic E-state index is 0.732. The van der Waals surface area contributed by atoms with Gasteiger partial charge in [-0.15, -0.1) is 0 Å². The van der Waals surface area contributed by atoms with Crippen molar-refractivity contribution in [2.45, 2.75) is 0 Å². The van der Waals surface area contributed by atoms with E-state index in [1.165, 1.54) is 5.69 Å². The highest BCUT2D eigenvalue weighted by molar-refractivity contribution is 6.31. The maximum Gasteiger partial charge on any atom is 0.0737 e. The summed E-state index contributed by atoms with van der Waals surface area (Å²) < 4.78 is 0. The normalized spacial score (nSPS) is 16.3. The number of nitrogens with zero attached hydrogens (tertiary/aromatic N) is 3. The highest BCUT2D eigenvalue weighted by Gasteiger charge is 2.12. The summed E-state index contributed by atoms with van der Waals surface area (Å²) in [5, 5.41) is 5.28. The van der Waals surface area contributed by atoms with Crippen LogP contribution in [0.3, 0.4) is 0 Å². The molecule has 0 saturated carbocycles. The fraction of sp³-hybridized carbons (Fsp3) is 0.438. The molecular weight excluding hydrogens is 284 g/mol. The van der Waals surface area contributed by atoms with Crippen LogP contribution < -0.4 is 10.2 Å². The minimum Gasteiger partial charge on any atom is -0.373 e. The molecule has 1 N–H and O–H groups in total. The second-order valence-electron chi connectivity index (χ2n) is 5.50. The average Bonchev–Trinajstić information content (AvgIpc) is 2.52. The second kappa shape index (κ2) is 6.60. The van der Waals surface area contributed by atoms with Crippen LogP contribution in [0.1, 0.15) is 0 Å². The van der Waals surface area contributed by atoms with Gasteiger partial charge in [0.15, 0.2) is 0 Å². The third kappa shape index (κ3) is 3.46. The maximum atomic E-state index is 6.05. The Morgan fingerprint density at radius 1 is 1.29 bits per heavy atom. The van der Waals surface area contributed by atoms with Crippen molar-refractivity contribution in [1.29, 1.82) is 0 Å². The zero-order chi connectivity index (χ0) is 14.7. The van der Waals surface area contributed by atoms with Gasteiger partial charge in [0.05, 0.1) is 5.52 Å². The van der Waals surface area contributed by atoms with Gasteiger partial charge in [0, 0.05) is 68.6 Å². The maximum absolute atomic E-state index is 6.05. The summed E-state index contributed by atoms with van der Waals surface area (Å²) in [6.45, 7) is 6.58. The molecule has 3 rings (SSSR count). The molecule has 0 bridgehead atoms. The first kappa shape index (κ1) is 14.6. The fourth-order valence-corrected chi connectivity index (χ4v) is 2.95. The summed E-state index contributed by atoms with van der Waals surface area (Å²) in [4.78, 5) is 9.22. The van der Waals surface area contributed by atoms with Crippen molar-refractivity contribution in [3.63, 3.8) is 0 Å². The fourth-order valence-electron chi connectivity index (χ4n) is 2.79. The van der Waals surface area contributed by atoms with E-state index in [0.29, 0.717) is 0 Å². The van der Waals surface area contributed by atoms with Gasteiger partial charge in [0.1, 0.15) is 0 Å². The molecule has 2 aromatic rings. The van der Waals surface area contributed by atoms with Crippen molar-refractivity contribution in [1.82, 2.24) is 15.2 Å². The molecule has 1 aromatic heterocycles. The van der Waals surface area contributed by atoms with E-state index < -0.39 is 0 Å². The van der Waals surface area contributed by atoms with Crippen LogP contribution in [-0.4, -0.2) is 56.2 Å². The Bertz CT molecular complexity index is 610. The van der Waals surface area contributed by atoms with Gasteiger partial charge < -0.3 is 10.2 Å². The van der Waals surface area contributed by atoms with Gasteiger partial charge in [-0.2, -0.15) is 0 Å². The number of anilines is 1. The van der Waals surface area contributed by atoms with Crippen molar-refractivity contribution >= 4 is 28.2 Å². The number of likely N-dealkylation sites (N-methyl/N-ethyl adjacent to an activating group) is 1. The number of fused-ring (bicyclic) bond motifs is 1. The Morgan fingerprint density at radius 3 is 2.90 bits per heavy atom. The quantitative estimate of drug-likeness (QED) is 0.938. The van der Waals surface area contributed by atoms with Gasteiger partial charge in [-0.1, -0.05) is 11.6 Å². The van der Waals surface area contributed by atoms with Crippen LogP contribution in [0.15, 0.2) is 30.5 Å². The summed E-state index contributed by atoms with van der Waals surface area (Å²) in [6.07, 6.45) is 1.86. The Kier molecular flexibility index (Phi) is 4.58. The van der Waals surface area contributed by atoms with E-state index in [1.807, 2.05) is 18.3 Å². The molecule has 2 heterocycles. The van der Waals surface area contributed by atoms with E-state index in [-0.39, 0.29) is 0 Å². The van der Waals surface area contributed by atoms with Crippen molar-refractivity contribution in [2.24, 2.45) is 0 Å². The Balaban J connectivity index is 1.73. The topological polar surface area (TPSA) is 31.4 Å². The summed E-state index contributed by atoms with van der Waals surface area (Å²) in [5.74, 6) is 0. The van der Waals surface area contributed by atoms with Gasteiger partial charge in [0.2, 0.25) is 0 Å². The van der Waals surface area contributed by atoms with Crippen molar-refractivity contribution in [3.05, 3.63) is 35.5 Å². The molecule has 0 radical (unpaired) electrons. The molecule has 0 atom stereocenters. The van der Waals surface area contributed by atoms with E-state index >= 15 is 0 Å². The number of pyridine rings is 1. The number of aromatic nitrogens is 1. The number of rotatable bonds is 4. The van der Waals surface area contributed by atoms with Gasteiger partial charge in [-0.05, 0) is 24.3 Å². The highest BCUT2D eigenvalue weighted by Crippen LogP contribution is 2.26. The van der Waals surface area contributed by atoms with Gasteiger partial charge in [-0.25, -0.2) is 0 Å². The largest absolute Gasteiger partial charge is 0.373 e. The lowest BCUT2D eigenvalue weighted by Crippen LogP contribution is -2.46. The predicted molar refractivity (Wildman–Crippen MR) is 89.3 cm³/mol. The molecule has 1 aromatic carbocycles. The summed E-state index contributed by atoms with van der Waals surface area (Å²) in [7, 11) is 2.14. The smallest absolute Gasteiger partial charge is 0.0737 e. The van der Waals surface area contributed by atoms with Crippen LogP contribution in [0, 0.1) is 0 Å². The Hall–Kier alpha value is -1.36. The number of nitrogens with one attached hydrogen (secondary N) is 1. The monoisotopic (exact) mass is 304 g/mol. The van der Waals surface area contributed by atoms with Crippen LogP contribution in [0.25, 0.3) is 10.9 Å². The van der Waals surface area contributed by atoms with E-state index in [2.05, 4.69) is 39.3 Å². The molecule has 1 aliphatic rings. The van der Waals surface area contributed by atoms with E-state index in [9.17, 15) is 0 Å². The third-order valence-corrected chi connectivity index (χ3v) is 4.29. The van der Waals surface area contributed by atoms with Crippen LogP contribution in [-0.2, 0) is 0 Å². The van der Waals surface area contributed by atoms with Crippen LogP contribution in [0.5, 0.6) is 0 Å². The van der Waals surface area contributed by atoms with E-state index in [0.717, 1.165) is 55.2 Å². The van der Waals surface area contributed by atoms with Gasteiger partial charge in [0.25, 0.3) is 0 Å². The third-order valence-electron chi connectivity index (χ3n) is 4.05. The first-order chi connectivity index (χ1) is 10.2. The lowest BCUT2D eigenvalue weighted by molar-refractivity contribution is 0.246. The van der Waals surface area contributed by atoms with E-state index in [1.54, 1.807) is 0 Å². The van der Waals surface area contributed by atoms with Crippen molar-refractivity contribution < 1.29 is 0 Å². The first-order valence-electron chi connectivity index (χ1n) is 7.42. The summed E-state index contributed by atoms with van der Waals surface area (Å²) in [5.41, 5.74) is 2.17. The molecule has 1 aliphatic heterocycles. The zero-order valence-corrected chi connectivity index (χ0v) is 13.1. The van der Waals surface area contributed by atoms with Gasteiger partial charge >= 0.3 is 0 Å². The molecule has 21 heavy (non-hydrogen) atoms. The highest BCUT2D eigenvalue weighted by atomic mass is 35.5. The molecule has 4 nitrogen and oxygen atoms in total. The molecule has 5 heteroatoms. The minimum atomic E-state index is 0.732. The van der Waals surface area contributed by atoms with Crippen molar-refractivity contribution in [2.75, 3.05) is 51.2 Å². The first-order valence-corrected chi connectivity index (χ1v) is 7.80. The molecule has 0 unspecified atom stereocenters. The summed E-state index contributed by atoms with van der Waals surface area (Å²) in [6, 6.07) is 7.99. The SMILES string of the molecule is CN(CCN1CCNCC1)c1ccnc2cc(Cl)ccc12. The van der Waals surface area contributed by atoms with Crippen LogP contribution in [0.2, 0.25) is 5.02 Å². The van der Waals surface area contributed by atoms with Gasteiger partial charge in [-0.3, -0.25) is 9.88 Å². The van der Waals surface area contributed by atoms with Crippen molar-refractivity contribution in [3.8, 4) is 0 Å². The Morgan fingerprint density at radius 2 is 2.10 bits per heavy atom. The molecule has 0 aliphatic carbocycles. The molecule has 0 amide bonds. The molecule has 1 fully saturated rings. The lowest BCUT2D eigenvalue weighted by atomic mass is 10.1. The predicted octanol–water partition coefficient (Wildman–Crippen LogP) is 2.23. The number of hydrogen-bond donors (Lipinski definition) is 1. The number of benzene rings is 1. The van der Waals surface area contributed by atoms with Crippen LogP contribution in [0.4, 0.5) is 5.69 Å².